The minimum absolute atomic E-state index is 0.300. The minimum Gasteiger partial charge on any atom is -0.493 e. The summed E-state index contributed by atoms with van der Waals surface area (Å²) in [6, 6.07) is 5.88. The van der Waals surface area contributed by atoms with E-state index in [0.29, 0.717) is 6.54 Å². The first-order chi connectivity index (χ1) is 9.17. The summed E-state index contributed by atoms with van der Waals surface area (Å²) < 4.78 is 10.4. The lowest BCUT2D eigenvalue weighted by Crippen LogP contribution is -2.31. The number of ether oxygens (including phenoxy) is 2. The Labute approximate surface area is 114 Å². The van der Waals surface area contributed by atoms with Crippen LogP contribution in [-0.4, -0.2) is 45.1 Å². The van der Waals surface area contributed by atoms with E-state index in [9.17, 15) is 0 Å². The van der Waals surface area contributed by atoms with E-state index in [4.69, 9.17) is 14.6 Å². The predicted molar refractivity (Wildman–Crippen MR) is 75.8 cm³/mol. The first-order valence-corrected chi connectivity index (χ1v) is 6.47. The van der Waals surface area contributed by atoms with Gasteiger partial charge in [0.25, 0.3) is 0 Å². The lowest BCUT2D eigenvalue weighted by Gasteiger charge is -2.11. The molecule has 1 rings (SSSR count). The van der Waals surface area contributed by atoms with Crippen LogP contribution in [0.15, 0.2) is 18.2 Å². The van der Waals surface area contributed by atoms with Crippen molar-refractivity contribution in [2.45, 2.75) is 19.6 Å². The molecular weight excluding hydrogens is 244 g/mol. The molecule has 0 fully saturated rings. The van der Waals surface area contributed by atoms with Crippen LogP contribution in [0.1, 0.15) is 12.5 Å². The van der Waals surface area contributed by atoms with Gasteiger partial charge in [-0.2, -0.15) is 0 Å². The summed E-state index contributed by atoms with van der Waals surface area (Å²) in [5.74, 6) is 1.49. The molecule has 1 aromatic rings. The number of hydrogen-bond acceptors (Lipinski definition) is 5. The normalized spacial score (nSPS) is 12.2. The van der Waals surface area contributed by atoms with Gasteiger partial charge in [-0.25, -0.2) is 0 Å². The smallest absolute Gasteiger partial charge is 0.161 e. The van der Waals surface area contributed by atoms with Crippen molar-refractivity contribution < 1.29 is 14.6 Å². The molecule has 0 aliphatic rings. The van der Waals surface area contributed by atoms with Gasteiger partial charge in [-0.3, -0.25) is 0 Å². The first kappa shape index (κ1) is 15.8. The van der Waals surface area contributed by atoms with E-state index in [1.807, 2.05) is 18.2 Å². The molecule has 0 radical (unpaired) electrons. The highest BCUT2D eigenvalue weighted by molar-refractivity contribution is 5.42. The summed E-state index contributed by atoms with van der Waals surface area (Å²) >= 11 is 0. The van der Waals surface area contributed by atoms with Crippen LogP contribution in [0.2, 0.25) is 0 Å². The summed E-state index contributed by atoms with van der Waals surface area (Å²) in [5.41, 5.74) is 1.15. The summed E-state index contributed by atoms with van der Waals surface area (Å²) in [7, 11) is 3.26. The monoisotopic (exact) mass is 268 g/mol. The van der Waals surface area contributed by atoms with Crippen LogP contribution >= 0.6 is 0 Å². The molecule has 1 aromatic carbocycles. The van der Waals surface area contributed by atoms with E-state index in [1.54, 1.807) is 21.1 Å². The Kier molecular flexibility index (Phi) is 7.25. The van der Waals surface area contributed by atoms with Crippen molar-refractivity contribution in [1.29, 1.82) is 0 Å². The maximum atomic E-state index is 9.09. The lowest BCUT2D eigenvalue weighted by molar-refractivity contribution is 0.191. The highest BCUT2D eigenvalue weighted by atomic mass is 16.5. The van der Waals surface area contributed by atoms with Crippen molar-refractivity contribution in [2.75, 3.05) is 33.9 Å². The van der Waals surface area contributed by atoms with E-state index in [0.717, 1.165) is 36.7 Å². The molecule has 1 atom stereocenters. The average Bonchev–Trinajstić information content (AvgIpc) is 2.42. The Morgan fingerprint density at radius 2 is 1.79 bits per heavy atom. The number of methoxy groups -OCH3 is 2. The van der Waals surface area contributed by atoms with Gasteiger partial charge in [0.05, 0.1) is 20.3 Å². The molecule has 19 heavy (non-hydrogen) atoms. The molecule has 108 valence electrons. The van der Waals surface area contributed by atoms with Gasteiger partial charge in [0.15, 0.2) is 11.5 Å². The van der Waals surface area contributed by atoms with Gasteiger partial charge in [0.2, 0.25) is 0 Å². The van der Waals surface area contributed by atoms with Crippen molar-refractivity contribution in [1.82, 2.24) is 10.6 Å². The number of benzene rings is 1. The third-order valence-corrected chi connectivity index (χ3v) is 2.70. The summed E-state index contributed by atoms with van der Waals surface area (Å²) in [5, 5.41) is 15.6. The van der Waals surface area contributed by atoms with E-state index in [1.165, 1.54) is 0 Å². The molecule has 3 N–H and O–H groups in total. The van der Waals surface area contributed by atoms with Crippen LogP contribution in [0.25, 0.3) is 0 Å². The molecule has 0 aliphatic carbocycles. The van der Waals surface area contributed by atoms with Gasteiger partial charge >= 0.3 is 0 Å². The fourth-order valence-electron chi connectivity index (χ4n) is 1.71. The summed E-state index contributed by atoms with van der Waals surface area (Å²) in [6.45, 7) is 4.85. The van der Waals surface area contributed by atoms with Gasteiger partial charge in [0, 0.05) is 26.2 Å². The minimum atomic E-state index is -0.300. The molecule has 0 unspecified atom stereocenters. The number of aliphatic hydroxyl groups is 1. The van der Waals surface area contributed by atoms with Crippen molar-refractivity contribution in [3.63, 3.8) is 0 Å². The molecule has 5 nitrogen and oxygen atoms in total. The molecule has 0 bridgehead atoms. The Balaban J connectivity index is 2.29. The molecule has 0 aromatic heterocycles. The third kappa shape index (κ3) is 5.92. The standard InChI is InChI=1S/C14H24N2O3/c1-11(17)9-15-6-7-16-10-12-4-5-13(18-2)14(8-12)19-3/h4-5,8,11,15-17H,6-7,9-10H2,1-3H3/t11-/m0/s1. The highest BCUT2D eigenvalue weighted by Crippen LogP contribution is 2.27. The maximum absolute atomic E-state index is 9.09. The zero-order valence-corrected chi connectivity index (χ0v) is 11.9. The third-order valence-electron chi connectivity index (χ3n) is 2.70. The zero-order valence-electron chi connectivity index (χ0n) is 11.9. The van der Waals surface area contributed by atoms with Crippen molar-refractivity contribution in [3.8, 4) is 11.5 Å². The zero-order chi connectivity index (χ0) is 14.1. The Hall–Kier alpha value is -1.30. The molecule has 0 heterocycles. The number of nitrogens with one attached hydrogen (secondary N) is 2. The van der Waals surface area contributed by atoms with Crippen molar-refractivity contribution in [3.05, 3.63) is 23.8 Å². The molecule has 0 aliphatic heterocycles. The van der Waals surface area contributed by atoms with Crippen LogP contribution in [0.5, 0.6) is 11.5 Å². The molecule has 0 saturated heterocycles. The largest absolute Gasteiger partial charge is 0.493 e. The number of rotatable bonds is 9. The highest BCUT2D eigenvalue weighted by Gasteiger charge is 2.03. The van der Waals surface area contributed by atoms with E-state index >= 15 is 0 Å². The van der Waals surface area contributed by atoms with Crippen LogP contribution in [0.3, 0.4) is 0 Å². The van der Waals surface area contributed by atoms with Crippen LogP contribution in [0.4, 0.5) is 0 Å². The fourth-order valence-corrected chi connectivity index (χ4v) is 1.71. The summed E-state index contributed by atoms with van der Waals surface area (Å²) in [6.07, 6.45) is -0.300. The molecule has 5 heteroatoms. The first-order valence-electron chi connectivity index (χ1n) is 6.47. The molecule has 0 spiro atoms. The predicted octanol–water partition coefficient (Wildman–Crippen LogP) is 0.764. The quantitative estimate of drug-likeness (QED) is 0.577. The van der Waals surface area contributed by atoms with Gasteiger partial charge in [0.1, 0.15) is 0 Å². The van der Waals surface area contributed by atoms with Gasteiger partial charge in [-0.1, -0.05) is 6.07 Å². The van der Waals surface area contributed by atoms with Crippen molar-refractivity contribution >= 4 is 0 Å². The van der Waals surface area contributed by atoms with Gasteiger partial charge < -0.3 is 25.2 Å². The number of hydrogen-bond donors (Lipinski definition) is 3. The second-order valence-corrected chi connectivity index (χ2v) is 4.42. The number of aliphatic hydroxyl groups excluding tert-OH is 1. The molecule has 0 amide bonds. The van der Waals surface area contributed by atoms with Crippen LogP contribution in [0, 0.1) is 0 Å². The van der Waals surface area contributed by atoms with Crippen LogP contribution < -0.4 is 20.1 Å². The second-order valence-electron chi connectivity index (χ2n) is 4.42. The Morgan fingerprint density at radius 1 is 1.11 bits per heavy atom. The molecular formula is C14H24N2O3. The topological polar surface area (TPSA) is 62.8 Å². The molecule has 0 saturated carbocycles. The van der Waals surface area contributed by atoms with E-state index in [-0.39, 0.29) is 6.10 Å². The second kappa shape index (κ2) is 8.74. The van der Waals surface area contributed by atoms with Gasteiger partial charge in [-0.15, -0.1) is 0 Å². The van der Waals surface area contributed by atoms with Crippen LogP contribution in [-0.2, 0) is 6.54 Å². The van der Waals surface area contributed by atoms with Gasteiger partial charge in [-0.05, 0) is 24.6 Å². The maximum Gasteiger partial charge on any atom is 0.161 e. The van der Waals surface area contributed by atoms with E-state index in [2.05, 4.69) is 10.6 Å². The fraction of sp³-hybridized carbons (Fsp3) is 0.571. The SMILES string of the molecule is COc1ccc(CNCCNC[C@H](C)O)cc1OC. The Morgan fingerprint density at radius 3 is 2.42 bits per heavy atom. The lowest BCUT2D eigenvalue weighted by atomic mass is 10.2. The van der Waals surface area contributed by atoms with Crippen molar-refractivity contribution in [2.24, 2.45) is 0 Å². The average molecular weight is 268 g/mol. The van der Waals surface area contributed by atoms with E-state index < -0.39 is 0 Å². The Bertz CT molecular complexity index is 370. The summed E-state index contributed by atoms with van der Waals surface area (Å²) in [4.78, 5) is 0.